The summed E-state index contributed by atoms with van der Waals surface area (Å²) in [5, 5.41) is 16.9. The first kappa shape index (κ1) is 29.7. The third-order valence-corrected chi connectivity index (χ3v) is 4.92. The van der Waals surface area contributed by atoms with E-state index in [1.165, 1.54) is 25.3 Å². The maximum absolute atomic E-state index is 14.9. The van der Waals surface area contributed by atoms with Crippen molar-refractivity contribution in [3.05, 3.63) is 82.6 Å². The van der Waals surface area contributed by atoms with E-state index in [4.69, 9.17) is 31.5 Å². The quantitative estimate of drug-likeness (QED) is 0.167. The molecule has 0 fully saturated rings. The molecule has 13 heteroatoms. The van der Waals surface area contributed by atoms with Gasteiger partial charge in [0.1, 0.15) is 34.9 Å². The van der Waals surface area contributed by atoms with Crippen LogP contribution in [0.2, 0.25) is 0 Å². The van der Waals surface area contributed by atoms with Gasteiger partial charge in [-0.25, -0.2) is 22.5 Å². The zero-order chi connectivity index (χ0) is 28.6. The van der Waals surface area contributed by atoms with Crippen LogP contribution in [0.5, 0.6) is 0 Å². The maximum atomic E-state index is 14.9. The van der Waals surface area contributed by atoms with Gasteiger partial charge < -0.3 is 26.6 Å². The standard InChI is InChI=1S/C23H21F4N5O2.C2H4O2/c1-2-34-21(23(33)32-10-14-15(24)7-13(22(29)30)8-16(14)25)20-17(26)5-12(6-18(20)27)11-3-4-19(28)31-9-11;1-2(3)4/h3-9,21H,2,10H2,1H3,(H2,28,31)(H3,29,30)(H,32,33);1H3,(H,3,4)/t21-;/m1./s1. The number of aliphatic carboxylic acids is 1. The summed E-state index contributed by atoms with van der Waals surface area (Å²) in [6, 6.07) is 6.73. The molecule has 1 aromatic heterocycles. The lowest BCUT2D eigenvalue weighted by molar-refractivity contribution is -0.134. The van der Waals surface area contributed by atoms with E-state index in [9.17, 15) is 22.4 Å². The molecule has 0 aliphatic rings. The normalized spacial score (nSPS) is 11.2. The number of pyridine rings is 1. The molecule has 0 aliphatic heterocycles. The van der Waals surface area contributed by atoms with Crippen LogP contribution in [0, 0.1) is 28.7 Å². The molecule has 2 aromatic carbocycles. The number of rotatable bonds is 8. The van der Waals surface area contributed by atoms with Gasteiger partial charge in [-0.1, -0.05) is 0 Å². The second-order valence-electron chi connectivity index (χ2n) is 7.73. The Morgan fingerprint density at radius 1 is 1.05 bits per heavy atom. The SMILES string of the molecule is CC(=O)O.CCO[C@@H](C(=O)NCc1c(F)cc(C(=N)N)cc1F)c1c(F)cc(-c2ccc(N)nc2)cc1F. The van der Waals surface area contributed by atoms with Gasteiger partial charge in [0.15, 0.2) is 6.10 Å². The summed E-state index contributed by atoms with van der Waals surface area (Å²) in [6.07, 6.45) is -0.373. The number of hydrogen-bond donors (Lipinski definition) is 5. The predicted octanol–water partition coefficient (Wildman–Crippen LogP) is 3.66. The molecule has 1 heterocycles. The van der Waals surface area contributed by atoms with Crippen molar-refractivity contribution < 1.29 is 37.0 Å². The minimum absolute atomic E-state index is 0.0728. The zero-order valence-corrected chi connectivity index (χ0v) is 20.3. The van der Waals surface area contributed by atoms with Crippen molar-refractivity contribution in [2.75, 3.05) is 12.3 Å². The van der Waals surface area contributed by atoms with Crippen LogP contribution in [0.4, 0.5) is 23.4 Å². The van der Waals surface area contributed by atoms with Gasteiger partial charge in [0, 0.05) is 43.0 Å². The van der Waals surface area contributed by atoms with Crippen molar-refractivity contribution in [2.24, 2.45) is 5.73 Å². The maximum Gasteiger partial charge on any atom is 0.300 e. The van der Waals surface area contributed by atoms with E-state index >= 15 is 0 Å². The molecule has 0 saturated heterocycles. The average Bonchev–Trinajstić information content (AvgIpc) is 2.82. The number of amides is 1. The van der Waals surface area contributed by atoms with Gasteiger partial charge in [0.2, 0.25) is 0 Å². The molecule has 3 rings (SSSR count). The fourth-order valence-corrected chi connectivity index (χ4v) is 3.23. The number of carbonyl (C=O) groups is 2. The molecular formula is C25H25F4N5O4. The predicted molar refractivity (Wildman–Crippen MR) is 131 cm³/mol. The first-order valence-electron chi connectivity index (χ1n) is 11.0. The summed E-state index contributed by atoms with van der Waals surface area (Å²) in [6.45, 7) is 1.90. The topological polar surface area (TPSA) is 164 Å². The van der Waals surface area contributed by atoms with Gasteiger partial charge in [0.05, 0.1) is 5.56 Å². The Morgan fingerprint density at radius 3 is 2.05 bits per heavy atom. The van der Waals surface area contributed by atoms with Gasteiger partial charge in [-0.15, -0.1) is 0 Å². The third kappa shape index (κ3) is 7.74. The van der Waals surface area contributed by atoms with Crippen LogP contribution in [-0.4, -0.2) is 34.4 Å². The van der Waals surface area contributed by atoms with Gasteiger partial charge >= 0.3 is 0 Å². The molecule has 0 aliphatic carbocycles. The number of hydrogen-bond acceptors (Lipinski definition) is 6. The molecule has 9 nitrogen and oxygen atoms in total. The van der Waals surface area contributed by atoms with Gasteiger partial charge in [-0.2, -0.15) is 0 Å². The Labute approximate surface area is 214 Å². The number of amidine groups is 1. The Kier molecular flexibility index (Phi) is 10.3. The Hall–Kier alpha value is -4.52. The lowest BCUT2D eigenvalue weighted by atomic mass is 10.0. The number of carboxylic acid groups (broad SMARTS) is 1. The van der Waals surface area contributed by atoms with Gasteiger partial charge in [-0.05, 0) is 48.9 Å². The highest BCUT2D eigenvalue weighted by atomic mass is 19.1. The smallest absolute Gasteiger partial charge is 0.300 e. The highest BCUT2D eigenvalue weighted by Gasteiger charge is 2.29. The summed E-state index contributed by atoms with van der Waals surface area (Å²) in [4.78, 5) is 25.6. The molecule has 1 atom stereocenters. The van der Waals surface area contributed by atoms with E-state index in [1.807, 2.05) is 0 Å². The van der Waals surface area contributed by atoms with Crippen molar-refractivity contribution in [1.82, 2.24) is 10.3 Å². The van der Waals surface area contributed by atoms with E-state index in [0.717, 1.165) is 31.2 Å². The molecule has 38 heavy (non-hydrogen) atoms. The lowest BCUT2D eigenvalue weighted by Crippen LogP contribution is -2.32. The fraction of sp³-hybridized carbons (Fsp3) is 0.200. The van der Waals surface area contributed by atoms with E-state index in [-0.39, 0.29) is 23.6 Å². The minimum atomic E-state index is -1.72. The number of nitrogen functional groups attached to an aromatic ring is 2. The first-order chi connectivity index (χ1) is 17.8. The van der Waals surface area contributed by atoms with Crippen LogP contribution in [-0.2, 0) is 20.9 Å². The Morgan fingerprint density at radius 2 is 1.61 bits per heavy atom. The monoisotopic (exact) mass is 535 g/mol. The van der Waals surface area contributed by atoms with Crippen LogP contribution in [0.3, 0.4) is 0 Å². The van der Waals surface area contributed by atoms with E-state index in [0.29, 0.717) is 5.56 Å². The van der Waals surface area contributed by atoms with Crippen LogP contribution in [0.15, 0.2) is 42.6 Å². The molecule has 0 unspecified atom stereocenters. The summed E-state index contributed by atoms with van der Waals surface area (Å²) < 4.78 is 63.6. The molecule has 0 bridgehead atoms. The Bertz CT molecular complexity index is 1290. The second-order valence-corrected chi connectivity index (χ2v) is 7.73. The van der Waals surface area contributed by atoms with Gasteiger partial charge in [-0.3, -0.25) is 15.0 Å². The van der Waals surface area contributed by atoms with E-state index in [1.54, 1.807) is 0 Å². The lowest BCUT2D eigenvalue weighted by Gasteiger charge is -2.19. The van der Waals surface area contributed by atoms with Crippen molar-refractivity contribution in [3.8, 4) is 11.1 Å². The number of carbonyl (C=O) groups excluding carboxylic acids is 1. The molecule has 7 N–H and O–H groups in total. The number of carboxylic acids is 1. The van der Waals surface area contributed by atoms with E-state index in [2.05, 4.69) is 10.3 Å². The number of anilines is 1. The first-order valence-corrected chi connectivity index (χ1v) is 11.0. The summed E-state index contributed by atoms with van der Waals surface area (Å²) >= 11 is 0. The van der Waals surface area contributed by atoms with Crippen LogP contribution >= 0.6 is 0 Å². The zero-order valence-electron chi connectivity index (χ0n) is 20.3. The molecule has 1 amide bonds. The highest BCUT2D eigenvalue weighted by molar-refractivity contribution is 5.95. The summed E-state index contributed by atoms with van der Waals surface area (Å²) in [5.41, 5.74) is 9.98. The molecule has 0 saturated carbocycles. The number of nitrogens with two attached hydrogens (primary N) is 2. The van der Waals surface area contributed by atoms with Crippen molar-refractivity contribution in [1.29, 1.82) is 5.41 Å². The minimum Gasteiger partial charge on any atom is -0.481 e. The molecule has 0 spiro atoms. The van der Waals surface area contributed by atoms with Gasteiger partial charge in [0.25, 0.3) is 11.9 Å². The number of nitrogens with zero attached hydrogens (tertiary/aromatic N) is 1. The molecule has 3 aromatic rings. The number of halogens is 4. The number of ether oxygens (including phenoxy) is 1. The highest BCUT2D eigenvalue weighted by Crippen LogP contribution is 2.30. The van der Waals surface area contributed by atoms with Crippen molar-refractivity contribution >= 4 is 23.5 Å². The Balaban J connectivity index is 0.00000118. The van der Waals surface area contributed by atoms with Crippen molar-refractivity contribution in [3.63, 3.8) is 0 Å². The average molecular weight is 535 g/mol. The molecule has 202 valence electrons. The van der Waals surface area contributed by atoms with E-state index < -0.39 is 64.8 Å². The van der Waals surface area contributed by atoms with Crippen LogP contribution < -0.4 is 16.8 Å². The molecular weight excluding hydrogens is 510 g/mol. The van der Waals surface area contributed by atoms with Crippen molar-refractivity contribution in [2.45, 2.75) is 26.5 Å². The third-order valence-electron chi connectivity index (χ3n) is 4.92. The second kappa shape index (κ2) is 13.1. The van der Waals surface area contributed by atoms with Crippen LogP contribution in [0.25, 0.3) is 11.1 Å². The number of nitrogens with one attached hydrogen (secondary N) is 2. The fourth-order valence-electron chi connectivity index (χ4n) is 3.23. The summed E-state index contributed by atoms with van der Waals surface area (Å²) in [5.74, 6) is -6.33. The molecule has 0 radical (unpaired) electrons. The number of aromatic nitrogens is 1. The summed E-state index contributed by atoms with van der Waals surface area (Å²) in [7, 11) is 0. The number of benzene rings is 2. The largest absolute Gasteiger partial charge is 0.481 e. The van der Waals surface area contributed by atoms with Crippen LogP contribution in [0.1, 0.15) is 36.6 Å².